The summed E-state index contributed by atoms with van der Waals surface area (Å²) in [6.45, 7) is 6.38. The van der Waals surface area contributed by atoms with E-state index in [9.17, 15) is 14.0 Å². The molecule has 0 aliphatic carbocycles. The van der Waals surface area contributed by atoms with Crippen molar-refractivity contribution in [1.82, 2.24) is 39.9 Å². The standard InChI is InChI=1S/C15H17ClN6O.C13H16N6.C2H2Cl2O.CH3F/c1-10-3-2-6-22(10)15-18-8-11(9-19-15)14-17-5-4-12(21-14)20-13(23)7-16;1-9-3-2-6-19(9)13-16-7-10(8-17-13)12-15-5-4-11(14)18-12;3-1-2(4)5;1-2/h4-5,8-10H,2-3,6-7H2,1H3,(H,17,20,21,23);4-5,7-9H,2-3,6H2,1H3,(H2,14,15,18);1H2;1H3/t10-;9-;;/m00../s1/i;;;1D. The Hall–Kier alpha value is -4.34. The van der Waals surface area contributed by atoms with Crippen LogP contribution < -0.4 is 20.9 Å². The quantitative estimate of drug-likeness (QED) is 0.187. The van der Waals surface area contributed by atoms with Gasteiger partial charge in [-0.3, -0.25) is 14.0 Å². The van der Waals surface area contributed by atoms with Gasteiger partial charge in [-0.1, -0.05) is 0 Å². The van der Waals surface area contributed by atoms with Gasteiger partial charge in [-0.15, -0.1) is 23.2 Å². The summed E-state index contributed by atoms with van der Waals surface area (Å²) in [7, 11) is -1.00. The van der Waals surface area contributed by atoms with E-state index in [1.165, 1.54) is 12.8 Å². The Morgan fingerprint density at radius 3 is 1.69 bits per heavy atom. The third-order valence-electron chi connectivity index (χ3n) is 7.24. The molecule has 0 unspecified atom stereocenters. The molecular weight excluding hydrogens is 698 g/mol. The number of carbonyl (C=O) groups is 2. The number of nitrogens with one attached hydrogen (secondary N) is 1. The summed E-state index contributed by atoms with van der Waals surface area (Å²) < 4.78 is 15.5. The maximum atomic E-state index is 11.3. The monoisotopic (exact) mass is 735 g/mol. The van der Waals surface area contributed by atoms with Crippen LogP contribution in [0.1, 0.15) is 40.9 Å². The highest BCUT2D eigenvalue weighted by molar-refractivity contribution is 6.67. The molecule has 2 saturated heterocycles. The van der Waals surface area contributed by atoms with Crippen LogP contribution in [0.25, 0.3) is 22.8 Å². The average Bonchev–Trinajstić information content (AvgIpc) is 3.77. The number of nitrogens with zero attached hydrogens (tertiary/aromatic N) is 10. The van der Waals surface area contributed by atoms with Crippen molar-refractivity contribution in [3.8, 4) is 22.8 Å². The van der Waals surface area contributed by atoms with E-state index in [1.54, 1.807) is 49.3 Å². The van der Waals surface area contributed by atoms with E-state index in [0.29, 0.717) is 40.9 Å². The molecule has 1 amide bonds. The smallest absolute Gasteiger partial charge is 0.240 e. The summed E-state index contributed by atoms with van der Waals surface area (Å²) in [5.41, 5.74) is 7.12. The van der Waals surface area contributed by atoms with Crippen LogP contribution in [0.5, 0.6) is 0 Å². The fourth-order valence-corrected chi connectivity index (χ4v) is 4.95. The van der Waals surface area contributed by atoms with Gasteiger partial charge in [0.25, 0.3) is 0 Å². The van der Waals surface area contributed by atoms with Crippen LogP contribution in [-0.4, -0.2) is 95.1 Å². The highest BCUT2D eigenvalue weighted by Gasteiger charge is 2.23. The van der Waals surface area contributed by atoms with Gasteiger partial charge in [-0.2, -0.15) is 0 Å². The molecule has 3 N–H and O–H groups in total. The van der Waals surface area contributed by atoms with Gasteiger partial charge >= 0.3 is 0 Å². The molecule has 2 aliphatic rings. The largest absolute Gasteiger partial charge is 0.384 e. The Morgan fingerprint density at radius 2 is 1.31 bits per heavy atom. The van der Waals surface area contributed by atoms with Gasteiger partial charge in [-0.05, 0) is 63.3 Å². The molecular formula is C31H38Cl3FN12O2. The summed E-state index contributed by atoms with van der Waals surface area (Å²) in [6, 6.07) is 4.24. The summed E-state index contributed by atoms with van der Waals surface area (Å²) >= 11 is 15.0. The van der Waals surface area contributed by atoms with Crippen molar-refractivity contribution in [2.45, 2.75) is 51.6 Å². The third-order valence-corrected chi connectivity index (χ3v) is 8.00. The first-order valence-electron chi connectivity index (χ1n) is 15.9. The first-order valence-corrected chi connectivity index (χ1v) is 16.6. The van der Waals surface area contributed by atoms with Gasteiger partial charge in [-0.25, -0.2) is 39.9 Å². The maximum Gasteiger partial charge on any atom is 0.240 e. The van der Waals surface area contributed by atoms with Crippen molar-refractivity contribution in [3.63, 3.8) is 0 Å². The Morgan fingerprint density at radius 1 is 0.857 bits per heavy atom. The normalized spacial score (nSPS) is 16.6. The number of amides is 1. The summed E-state index contributed by atoms with van der Waals surface area (Å²) in [6.07, 6.45) is 14.8. The second kappa shape index (κ2) is 20.2. The van der Waals surface area contributed by atoms with E-state index in [4.69, 9.17) is 41.9 Å². The summed E-state index contributed by atoms with van der Waals surface area (Å²) in [5.74, 6) is 2.83. The highest BCUT2D eigenvalue weighted by Crippen LogP contribution is 2.24. The van der Waals surface area contributed by atoms with Gasteiger partial charge in [0.15, 0.2) is 11.6 Å². The number of anilines is 4. The Kier molecular flexibility index (Phi) is 15.5. The van der Waals surface area contributed by atoms with Crippen LogP contribution in [0.3, 0.4) is 0 Å². The average molecular weight is 737 g/mol. The number of carbonyl (C=O) groups excluding carboxylic acids is 2. The molecule has 0 bridgehead atoms. The molecule has 4 aromatic rings. The molecule has 0 radical (unpaired) electrons. The number of hydrogen-bond donors (Lipinski definition) is 2. The molecule has 18 heteroatoms. The lowest BCUT2D eigenvalue weighted by Crippen LogP contribution is -2.28. The van der Waals surface area contributed by atoms with Gasteiger partial charge < -0.3 is 20.9 Å². The summed E-state index contributed by atoms with van der Waals surface area (Å²) in [5, 5.41) is 2.08. The van der Waals surface area contributed by atoms with Crippen LogP contribution >= 0.6 is 34.8 Å². The lowest BCUT2D eigenvalue weighted by atomic mass is 10.2. The van der Waals surface area contributed by atoms with E-state index < -0.39 is 12.4 Å². The van der Waals surface area contributed by atoms with Crippen molar-refractivity contribution in [2.75, 3.05) is 52.9 Å². The number of halogens is 4. The molecule has 0 spiro atoms. The number of nitrogens with two attached hydrogens (primary N) is 1. The van der Waals surface area contributed by atoms with Crippen molar-refractivity contribution in [3.05, 3.63) is 49.3 Å². The van der Waals surface area contributed by atoms with Gasteiger partial charge in [0, 0.05) is 62.4 Å². The van der Waals surface area contributed by atoms with Gasteiger partial charge in [0.05, 0.1) is 25.5 Å². The van der Waals surface area contributed by atoms with Crippen LogP contribution in [0.15, 0.2) is 49.3 Å². The molecule has 0 aromatic carbocycles. The fourth-order valence-electron chi connectivity index (χ4n) is 4.89. The SMILES string of the molecule is C[C@H]1CCCN1c1ncc(-c2nccc(N)n2)cn1.C[C@H]1CCCN1c1ncc(-c2nccc(NC(=O)CCl)n2)cn1.O=C(Cl)CCl.[2H]CF. The Bertz CT molecular complexity index is 1650. The zero-order chi connectivity index (χ0) is 36.5. The first-order chi connectivity index (χ1) is 24.1. The molecule has 0 saturated carbocycles. The topological polar surface area (TPSA) is 182 Å². The predicted octanol–water partition coefficient (Wildman–Crippen LogP) is 5.18. The van der Waals surface area contributed by atoms with Crippen molar-refractivity contribution >= 4 is 69.5 Å². The van der Waals surface area contributed by atoms with Gasteiger partial charge in [0.2, 0.25) is 23.0 Å². The second-order valence-electron chi connectivity index (χ2n) is 10.7. The molecule has 262 valence electrons. The third kappa shape index (κ3) is 11.9. The van der Waals surface area contributed by atoms with Crippen molar-refractivity contribution in [2.24, 2.45) is 0 Å². The molecule has 6 heterocycles. The number of nitrogen functional groups attached to an aromatic ring is 1. The van der Waals surface area contributed by atoms with Crippen molar-refractivity contribution < 1.29 is 15.4 Å². The molecule has 2 fully saturated rings. The maximum absolute atomic E-state index is 11.3. The second-order valence-corrected chi connectivity index (χ2v) is 11.6. The van der Waals surface area contributed by atoms with Crippen molar-refractivity contribution in [1.29, 1.82) is 0 Å². The molecule has 6 rings (SSSR count). The molecule has 2 aliphatic heterocycles. The minimum absolute atomic E-state index is 0.0957. The van der Waals surface area contributed by atoms with Crippen LogP contribution in [-0.2, 0) is 9.59 Å². The predicted molar refractivity (Wildman–Crippen MR) is 191 cm³/mol. The minimum atomic E-state index is -1.00. The zero-order valence-electron chi connectivity index (χ0n) is 28.0. The molecule has 4 aromatic heterocycles. The fraction of sp³-hybridized carbons (Fsp3) is 0.419. The number of aromatic nitrogens is 8. The lowest BCUT2D eigenvalue weighted by molar-refractivity contribution is -0.114. The first kappa shape index (κ1) is 37.5. The number of hydrogen-bond acceptors (Lipinski definition) is 13. The number of alkyl halides is 3. The number of rotatable bonds is 7. The molecule has 2 atom stereocenters. The summed E-state index contributed by atoms with van der Waals surface area (Å²) in [4.78, 5) is 59.6. The Balaban J connectivity index is 0.000000226. The molecule has 49 heavy (non-hydrogen) atoms. The Labute approximate surface area is 300 Å². The lowest BCUT2D eigenvalue weighted by Gasteiger charge is -2.20. The van der Waals surface area contributed by atoms with E-state index in [2.05, 4.69) is 68.8 Å². The van der Waals surface area contributed by atoms with Crippen LogP contribution in [0.4, 0.5) is 27.9 Å². The van der Waals surface area contributed by atoms with E-state index >= 15 is 0 Å². The van der Waals surface area contributed by atoms with Gasteiger partial charge in [0.1, 0.15) is 17.5 Å². The highest BCUT2D eigenvalue weighted by atomic mass is 35.5. The zero-order valence-corrected chi connectivity index (χ0v) is 29.3. The van der Waals surface area contributed by atoms with Crippen LogP contribution in [0, 0.1) is 0 Å². The van der Waals surface area contributed by atoms with E-state index in [0.717, 1.165) is 43.4 Å². The van der Waals surface area contributed by atoms with E-state index in [1.807, 2.05) is 0 Å². The van der Waals surface area contributed by atoms with E-state index in [-0.39, 0.29) is 17.7 Å². The van der Waals surface area contributed by atoms with Crippen LogP contribution in [0.2, 0.25) is 0 Å². The minimum Gasteiger partial charge on any atom is -0.384 e. The molecule has 14 nitrogen and oxygen atoms in total.